The second-order valence-electron chi connectivity index (χ2n) is 3.63. The fourth-order valence-corrected chi connectivity index (χ4v) is 2.51. The van der Waals surface area contributed by atoms with E-state index in [1.165, 1.54) is 6.20 Å². The van der Waals surface area contributed by atoms with Gasteiger partial charge in [0.25, 0.3) is 5.91 Å². The molecule has 0 spiro atoms. The largest absolute Gasteiger partial charge is 0.506 e. The zero-order chi connectivity index (χ0) is 15.8. The van der Waals surface area contributed by atoms with Gasteiger partial charge in [-0.2, -0.15) is 0 Å². The van der Waals surface area contributed by atoms with Crippen molar-refractivity contribution in [3.05, 3.63) is 56.7 Å². The number of aldehydes is 1. The van der Waals surface area contributed by atoms with Gasteiger partial charge in [-0.15, -0.1) is 0 Å². The van der Waals surface area contributed by atoms with Crippen molar-refractivity contribution in [2.24, 2.45) is 5.84 Å². The Morgan fingerprint density at radius 3 is 2.57 bits per heavy atom. The van der Waals surface area contributed by atoms with Crippen molar-refractivity contribution in [1.82, 2.24) is 10.4 Å². The lowest BCUT2D eigenvalue weighted by Gasteiger charge is -1.99. The van der Waals surface area contributed by atoms with Crippen molar-refractivity contribution >= 4 is 44.1 Å². The highest BCUT2D eigenvalue weighted by atomic mass is 79.9. The third kappa shape index (κ3) is 5.25. The average molecular weight is 417 g/mol. The minimum atomic E-state index is -0.374. The maximum Gasteiger partial charge on any atom is 0.283 e. The summed E-state index contributed by atoms with van der Waals surface area (Å²) < 4.78 is 1.26. The number of rotatable bonds is 2. The lowest BCUT2D eigenvalue weighted by atomic mass is 10.2. The van der Waals surface area contributed by atoms with E-state index in [1.54, 1.807) is 30.3 Å². The molecule has 6 nitrogen and oxygen atoms in total. The van der Waals surface area contributed by atoms with E-state index < -0.39 is 0 Å². The third-order valence-corrected chi connectivity index (χ3v) is 3.28. The van der Waals surface area contributed by atoms with Crippen molar-refractivity contribution in [3.63, 3.8) is 0 Å². The SMILES string of the molecule is NNC(=O)c1ccccn1.O=Cc1cc(Br)cc(Br)c1O. The molecule has 2 aromatic rings. The highest BCUT2D eigenvalue weighted by Crippen LogP contribution is 2.30. The Morgan fingerprint density at radius 2 is 2.05 bits per heavy atom. The Hall–Kier alpha value is -1.77. The molecule has 1 aromatic carbocycles. The molecule has 0 unspecified atom stereocenters. The molecule has 0 saturated heterocycles. The number of hydrazine groups is 1. The van der Waals surface area contributed by atoms with Crippen LogP contribution in [0.25, 0.3) is 0 Å². The van der Waals surface area contributed by atoms with Gasteiger partial charge in [-0.3, -0.25) is 20.0 Å². The summed E-state index contributed by atoms with van der Waals surface area (Å²) in [4.78, 5) is 24.8. The van der Waals surface area contributed by atoms with E-state index in [2.05, 4.69) is 36.8 Å². The molecule has 1 amide bonds. The van der Waals surface area contributed by atoms with Crippen molar-refractivity contribution in [1.29, 1.82) is 0 Å². The molecule has 8 heteroatoms. The van der Waals surface area contributed by atoms with Crippen LogP contribution in [0.4, 0.5) is 0 Å². The molecule has 0 atom stereocenters. The summed E-state index contributed by atoms with van der Waals surface area (Å²) in [5.74, 6) is 4.47. The first kappa shape index (κ1) is 17.3. The molecular weight excluding hydrogens is 406 g/mol. The number of halogens is 2. The molecule has 4 N–H and O–H groups in total. The summed E-state index contributed by atoms with van der Waals surface area (Å²) in [6.07, 6.45) is 2.13. The van der Waals surface area contributed by atoms with Gasteiger partial charge < -0.3 is 5.11 Å². The van der Waals surface area contributed by atoms with E-state index in [1.807, 2.05) is 5.43 Å². The standard InChI is InChI=1S/C7H4Br2O2.C6H7N3O/c8-5-1-4(3-10)7(11)6(9)2-5;7-9-6(10)5-3-1-2-4-8-5/h1-3,11H;1-4H,7H2,(H,9,10). The molecule has 1 aromatic heterocycles. The van der Waals surface area contributed by atoms with Crippen molar-refractivity contribution in [2.75, 3.05) is 0 Å². The van der Waals surface area contributed by atoms with Crippen molar-refractivity contribution in [2.45, 2.75) is 0 Å². The van der Waals surface area contributed by atoms with E-state index in [-0.39, 0.29) is 17.2 Å². The number of hydrogen-bond acceptors (Lipinski definition) is 5. The van der Waals surface area contributed by atoms with Crippen LogP contribution >= 0.6 is 31.9 Å². The summed E-state index contributed by atoms with van der Waals surface area (Å²) in [6.45, 7) is 0. The molecule has 0 radical (unpaired) electrons. The van der Waals surface area contributed by atoms with Gasteiger partial charge in [0.1, 0.15) is 11.4 Å². The van der Waals surface area contributed by atoms with Crippen LogP contribution in [0.15, 0.2) is 45.5 Å². The molecule has 0 aliphatic rings. The van der Waals surface area contributed by atoms with E-state index in [0.717, 1.165) is 4.47 Å². The Balaban J connectivity index is 0.000000211. The maximum atomic E-state index is 10.7. The fraction of sp³-hybridized carbons (Fsp3) is 0. The second-order valence-corrected chi connectivity index (χ2v) is 5.40. The number of nitrogens with two attached hydrogens (primary N) is 1. The van der Waals surface area contributed by atoms with Crippen LogP contribution < -0.4 is 11.3 Å². The van der Waals surface area contributed by atoms with Crippen LogP contribution in [0.3, 0.4) is 0 Å². The molecule has 2 rings (SSSR count). The van der Waals surface area contributed by atoms with Crippen LogP contribution in [0, 0.1) is 0 Å². The van der Waals surface area contributed by atoms with Crippen LogP contribution in [-0.4, -0.2) is 22.3 Å². The van der Waals surface area contributed by atoms with Crippen LogP contribution in [0.1, 0.15) is 20.8 Å². The van der Waals surface area contributed by atoms with Crippen LogP contribution in [0.5, 0.6) is 5.75 Å². The number of nitrogens with one attached hydrogen (secondary N) is 1. The number of nitrogens with zero attached hydrogens (tertiary/aromatic N) is 1. The predicted octanol–water partition coefficient (Wildman–Crippen LogP) is 2.41. The number of carbonyl (C=O) groups excluding carboxylic acids is 2. The Labute approximate surface area is 137 Å². The summed E-state index contributed by atoms with van der Waals surface area (Å²) in [5.41, 5.74) is 2.57. The average Bonchev–Trinajstić information content (AvgIpc) is 2.51. The fourth-order valence-electron chi connectivity index (χ4n) is 1.25. The normalized spacial score (nSPS) is 9.29. The van der Waals surface area contributed by atoms with E-state index in [9.17, 15) is 14.7 Å². The van der Waals surface area contributed by atoms with Gasteiger partial charge >= 0.3 is 0 Å². The summed E-state index contributed by atoms with van der Waals surface area (Å²) in [6, 6.07) is 8.25. The number of aromatic hydroxyl groups is 1. The molecule has 0 aliphatic heterocycles. The number of nitrogen functional groups attached to an aromatic ring is 1. The summed E-state index contributed by atoms with van der Waals surface area (Å²) in [5, 5.41) is 9.22. The topological polar surface area (TPSA) is 105 Å². The smallest absolute Gasteiger partial charge is 0.283 e. The van der Waals surface area contributed by atoms with Gasteiger partial charge in [-0.05, 0) is 40.2 Å². The zero-order valence-electron chi connectivity index (χ0n) is 10.6. The number of phenols is 1. The number of hydrogen-bond donors (Lipinski definition) is 3. The van der Waals surface area contributed by atoms with Gasteiger partial charge in [-0.25, -0.2) is 5.84 Å². The highest BCUT2D eigenvalue weighted by molar-refractivity contribution is 9.11. The van der Waals surface area contributed by atoms with Gasteiger partial charge in [0, 0.05) is 10.7 Å². The number of aromatic nitrogens is 1. The second kappa shape index (κ2) is 8.50. The number of benzene rings is 1. The quantitative estimate of drug-likeness (QED) is 0.301. The number of phenolic OH excluding ortho intramolecular Hbond substituents is 1. The lowest BCUT2D eigenvalue weighted by molar-refractivity contribution is 0.0948. The number of amides is 1. The monoisotopic (exact) mass is 415 g/mol. The molecule has 0 bridgehead atoms. The van der Waals surface area contributed by atoms with E-state index in [4.69, 9.17) is 5.84 Å². The number of pyridine rings is 1. The van der Waals surface area contributed by atoms with Crippen molar-refractivity contribution in [3.8, 4) is 5.75 Å². The minimum Gasteiger partial charge on any atom is -0.506 e. The molecule has 110 valence electrons. The minimum absolute atomic E-state index is 0.0248. The van der Waals surface area contributed by atoms with E-state index in [0.29, 0.717) is 16.5 Å². The molecule has 0 aliphatic carbocycles. The van der Waals surface area contributed by atoms with Crippen LogP contribution in [0.2, 0.25) is 0 Å². The van der Waals surface area contributed by atoms with Gasteiger partial charge in [0.15, 0.2) is 6.29 Å². The molecule has 0 fully saturated rings. The molecule has 21 heavy (non-hydrogen) atoms. The highest BCUT2D eigenvalue weighted by Gasteiger charge is 2.05. The first-order chi connectivity index (χ1) is 9.99. The summed E-state index contributed by atoms with van der Waals surface area (Å²) >= 11 is 6.29. The first-order valence-electron chi connectivity index (χ1n) is 5.54. The van der Waals surface area contributed by atoms with Crippen molar-refractivity contribution < 1.29 is 14.7 Å². The van der Waals surface area contributed by atoms with Crippen LogP contribution in [-0.2, 0) is 0 Å². The van der Waals surface area contributed by atoms with Gasteiger partial charge in [-0.1, -0.05) is 22.0 Å². The number of carbonyl (C=O) groups is 2. The van der Waals surface area contributed by atoms with Gasteiger partial charge in [0.2, 0.25) is 0 Å². The Kier molecular flexibility index (Phi) is 7.00. The zero-order valence-corrected chi connectivity index (χ0v) is 13.8. The molecular formula is C13H11Br2N3O3. The third-order valence-electron chi connectivity index (χ3n) is 2.21. The lowest BCUT2D eigenvalue weighted by Crippen LogP contribution is -2.30. The Bertz CT molecular complexity index is 636. The maximum absolute atomic E-state index is 10.7. The first-order valence-corrected chi connectivity index (χ1v) is 7.13. The molecule has 0 saturated carbocycles. The van der Waals surface area contributed by atoms with Gasteiger partial charge in [0.05, 0.1) is 10.0 Å². The molecule has 1 heterocycles. The summed E-state index contributed by atoms with van der Waals surface area (Å²) in [7, 11) is 0. The Morgan fingerprint density at radius 1 is 1.33 bits per heavy atom. The predicted molar refractivity (Wildman–Crippen MR) is 84.8 cm³/mol. The van der Waals surface area contributed by atoms with E-state index >= 15 is 0 Å².